The molecular formula is C58H38N2. The maximum atomic E-state index is 2.45. The molecule has 0 atom stereocenters. The van der Waals surface area contributed by atoms with Crippen LogP contribution in [0.3, 0.4) is 0 Å². The molecule has 0 aliphatic heterocycles. The van der Waals surface area contributed by atoms with Gasteiger partial charge in [-0.05, 0) is 121 Å². The van der Waals surface area contributed by atoms with E-state index in [1.54, 1.807) is 0 Å². The first-order chi connectivity index (χ1) is 29.8. The number of fused-ring (bicyclic) bond motifs is 9. The van der Waals surface area contributed by atoms with Gasteiger partial charge in [0.25, 0.3) is 0 Å². The highest BCUT2D eigenvalue weighted by Gasteiger charge is 2.21. The Morgan fingerprint density at radius 3 is 1.72 bits per heavy atom. The van der Waals surface area contributed by atoms with Crippen LogP contribution in [0.1, 0.15) is 0 Å². The Balaban J connectivity index is 1.08. The van der Waals surface area contributed by atoms with E-state index < -0.39 is 0 Å². The first-order valence-corrected chi connectivity index (χ1v) is 20.7. The summed E-state index contributed by atoms with van der Waals surface area (Å²) in [5, 5.41) is 12.4. The van der Waals surface area contributed by atoms with Gasteiger partial charge < -0.3 is 9.47 Å². The van der Waals surface area contributed by atoms with Gasteiger partial charge in [-0.2, -0.15) is 0 Å². The van der Waals surface area contributed by atoms with Crippen molar-refractivity contribution in [2.75, 3.05) is 4.90 Å². The minimum absolute atomic E-state index is 1.10. The number of aromatic nitrogens is 1. The Morgan fingerprint density at radius 2 is 0.883 bits per heavy atom. The third kappa shape index (κ3) is 5.50. The number of rotatable bonds is 6. The maximum absolute atomic E-state index is 2.45. The average molecular weight is 763 g/mol. The van der Waals surface area contributed by atoms with Crippen LogP contribution in [0.2, 0.25) is 0 Å². The van der Waals surface area contributed by atoms with Gasteiger partial charge in [-0.25, -0.2) is 0 Å². The second-order valence-corrected chi connectivity index (χ2v) is 15.7. The van der Waals surface area contributed by atoms with Gasteiger partial charge in [-0.15, -0.1) is 0 Å². The number of para-hydroxylation sites is 2. The first kappa shape index (κ1) is 34.1. The van der Waals surface area contributed by atoms with Crippen molar-refractivity contribution in [2.24, 2.45) is 0 Å². The molecule has 0 fully saturated rings. The molecule has 0 unspecified atom stereocenters. The fourth-order valence-corrected chi connectivity index (χ4v) is 9.57. The molecular weight excluding hydrogens is 725 g/mol. The molecule has 2 heteroatoms. The molecule has 60 heavy (non-hydrogen) atoms. The Kier molecular flexibility index (Phi) is 7.89. The number of nitrogens with zero attached hydrogens (tertiary/aromatic N) is 2. The molecule has 0 radical (unpaired) electrons. The van der Waals surface area contributed by atoms with E-state index in [9.17, 15) is 0 Å². The molecule has 12 rings (SSSR count). The van der Waals surface area contributed by atoms with Crippen molar-refractivity contribution in [1.29, 1.82) is 0 Å². The van der Waals surface area contributed by atoms with Crippen molar-refractivity contribution in [3.63, 3.8) is 0 Å². The summed E-state index contributed by atoms with van der Waals surface area (Å²) in [6.45, 7) is 0. The highest BCUT2D eigenvalue weighted by Crippen LogP contribution is 2.45. The zero-order valence-corrected chi connectivity index (χ0v) is 32.8. The minimum Gasteiger partial charge on any atom is -0.310 e. The fraction of sp³-hybridized carbons (Fsp3) is 0. The third-order valence-corrected chi connectivity index (χ3v) is 12.3. The molecule has 280 valence electrons. The molecule has 1 heterocycles. The van der Waals surface area contributed by atoms with Crippen molar-refractivity contribution in [1.82, 2.24) is 4.57 Å². The molecule has 0 N–H and O–H groups in total. The standard InChI is InChI=1S/C58H38N2/c1-2-19-45(20-3-1)60-56-27-11-10-25-54(56)57-55(38-43-16-6-9-24-53(43)58(57)60)42-18-12-21-47(36-42)59(48-34-35-52-44(37-48)29-28-40-15-5-8-23-50(40)52)46-32-30-41(31-33-46)51-26-13-17-39-14-4-7-22-49(39)51/h1-38H. The van der Waals surface area contributed by atoms with E-state index in [0.717, 1.165) is 22.7 Å². The van der Waals surface area contributed by atoms with E-state index in [1.807, 2.05) is 0 Å². The van der Waals surface area contributed by atoms with E-state index in [1.165, 1.54) is 87.1 Å². The van der Waals surface area contributed by atoms with E-state index in [4.69, 9.17) is 0 Å². The Labute approximate surface area is 348 Å². The van der Waals surface area contributed by atoms with Crippen LogP contribution in [-0.4, -0.2) is 4.57 Å². The molecule has 0 aliphatic carbocycles. The minimum atomic E-state index is 1.10. The predicted molar refractivity (Wildman–Crippen MR) is 256 cm³/mol. The van der Waals surface area contributed by atoms with Gasteiger partial charge in [0.15, 0.2) is 0 Å². The molecule has 12 aromatic rings. The van der Waals surface area contributed by atoms with Crippen LogP contribution in [-0.2, 0) is 0 Å². The fourth-order valence-electron chi connectivity index (χ4n) is 9.57. The second-order valence-electron chi connectivity index (χ2n) is 15.7. The lowest BCUT2D eigenvalue weighted by molar-refractivity contribution is 1.19. The predicted octanol–water partition coefficient (Wildman–Crippen LogP) is 16.2. The van der Waals surface area contributed by atoms with Gasteiger partial charge >= 0.3 is 0 Å². The van der Waals surface area contributed by atoms with Gasteiger partial charge in [0.2, 0.25) is 0 Å². The summed E-state index contributed by atoms with van der Waals surface area (Å²) in [6, 6.07) is 84.3. The Bertz CT molecular complexity index is 3590. The monoisotopic (exact) mass is 762 g/mol. The number of hydrogen-bond donors (Lipinski definition) is 0. The molecule has 0 saturated carbocycles. The van der Waals surface area contributed by atoms with Gasteiger partial charge in [0, 0.05) is 38.9 Å². The normalized spacial score (nSPS) is 11.7. The summed E-state index contributed by atoms with van der Waals surface area (Å²) in [5.41, 5.74) is 11.7. The van der Waals surface area contributed by atoms with Crippen LogP contribution in [0.15, 0.2) is 231 Å². The lowest BCUT2D eigenvalue weighted by Crippen LogP contribution is -2.10. The van der Waals surface area contributed by atoms with Gasteiger partial charge in [0.05, 0.1) is 11.0 Å². The van der Waals surface area contributed by atoms with Gasteiger partial charge in [-0.1, -0.05) is 170 Å². The highest BCUT2D eigenvalue weighted by molar-refractivity contribution is 6.24. The topological polar surface area (TPSA) is 8.17 Å². The third-order valence-electron chi connectivity index (χ3n) is 12.3. The highest BCUT2D eigenvalue weighted by atomic mass is 15.1. The summed E-state index contributed by atoms with van der Waals surface area (Å²) in [4.78, 5) is 2.41. The van der Waals surface area contributed by atoms with Crippen LogP contribution in [0, 0.1) is 0 Å². The van der Waals surface area contributed by atoms with Crippen LogP contribution in [0.25, 0.3) is 92.8 Å². The molecule has 2 nitrogen and oxygen atoms in total. The molecule has 0 aliphatic rings. The summed E-state index contributed by atoms with van der Waals surface area (Å²) < 4.78 is 2.45. The Hall–Kier alpha value is -7.94. The second kappa shape index (κ2) is 13.9. The van der Waals surface area contributed by atoms with Crippen LogP contribution >= 0.6 is 0 Å². The van der Waals surface area contributed by atoms with Crippen molar-refractivity contribution < 1.29 is 0 Å². The van der Waals surface area contributed by atoms with Gasteiger partial charge in [-0.3, -0.25) is 0 Å². The Morgan fingerprint density at radius 1 is 0.300 bits per heavy atom. The molecule has 1 aromatic heterocycles. The number of benzene rings is 11. The van der Waals surface area contributed by atoms with Crippen LogP contribution < -0.4 is 4.90 Å². The van der Waals surface area contributed by atoms with Crippen molar-refractivity contribution >= 4 is 82.0 Å². The first-order valence-electron chi connectivity index (χ1n) is 20.7. The van der Waals surface area contributed by atoms with Crippen molar-refractivity contribution in [2.45, 2.75) is 0 Å². The summed E-state index contributed by atoms with van der Waals surface area (Å²) >= 11 is 0. The lowest BCUT2D eigenvalue weighted by atomic mass is 9.94. The van der Waals surface area contributed by atoms with E-state index in [2.05, 4.69) is 240 Å². The van der Waals surface area contributed by atoms with E-state index in [-0.39, 0.29) is 0 Å². The molecule has 0 spiro atoms. The van der Waals surface area contributed by atoms with Crippen molar-refractivity contribution in [3.05, 3.63) is 231 Å². The maximum Gasteiger partial charge on any atom is 0.0625 e. The van der Waals surface area contributed by atoms with Gasteiger partial charge in [0.1, 0.15) is 0 Å². The SMILES string of the molecule is c1ccc(-n2c3ccccc3c3c(-c4cccc(N(c5ccc(-c6cccc7ccccc67)cc5)c5ccc6c(ccc7ccccc76)c5)c4)cc4ccccc4c32)cc1. The molecule has 11 aromatic carbocycles. The van der Waals surface area contributed by atoms with Crippen LogP contribution in [0.4, 0.5) is 17.1 Å². The lowest BCUT2D eigenvalue weighted by Gasteiger charge is -2.27. The number of anilines is 3. The molecule has 0 saturated heterocycles. The molecule has 0 bridgehead atoms. The number of hydrogen-bond acceptors (Lipinski definition) is 1. The largest absolute Gasteiger partial charge is 0.310 e. The average Bonchev–Trinajstić information content (AvgIpc) is 3.67. The molecule has 0 amide bonds. The summed E-state index contributed by atoms with van der Waals surface area (Å²) in [5.74, 6) is 0. The van der Waals surface area contributed by atoms with E-state index >= 15 is 0 Å². The smallest absolute Gasteiger partial charge is 0.0625 e. The van der Waals surface area contributed by atoms with Crippen LogP contribution in [0.5, 0.6) is 0 Å². The summed E-state index contributed by atoms with van der Waals surface area (Å²) in [7, 11) is 0. The quantitative estimate of drug-likeness (QED) is 0.153. The van der Waals surface area contributed by atoms with Crippen molar-refractivity contribution in [3.8, 4) is 27.9 Å². The zero-order valence-electron chi connectivity index (χ0n) is 32.8. The summed E-state index contributed by atoms with van der Waals surface area (Å²) in [6.07, 6.45) is 0. The van der Waals surface area contributed by atoms with E-state index in [0.29, 0.717) is 0 Å². The zero-order chi connectivity index (χ0) is 39.6.